The molecule has 0 bridgehead atoms. The molecular weight excluding hydrogens is 408 g/mol. The summed E-state index contributed by atoms with van der Waals surface area (Å²) < 4.78 is 4.36. The molecule has 2 aromatic heterocycles. The maximum Gasteiger partial charge on any atom is 0.332 e. The molecule has 2 aromatic rings. The number of anilines is 1. The number of nitrogens with two attached hydrogens (primary N) is 1. The fourth-order valence-electron chi connectivity index (χ4n) is 4.90. The van der Waals surface area contributed by atoms with Crippen LogP contribution in [0.1, 0.15) is 52.4 Å². The molecule has 2 fully saturated rings. The van der Waals surface area contributed by atoms with Gasteiger partial charge in [-0.3, -0.25) is 18.7 Å². The lowest BCUT2D eigenvalue weighted by atomic mass is 10.0. The molecule has 1 saturated carbocycles. The highest BCUT2D eigenvalue weighted by atomic mass is 16.2. The average molecular weight is 443 g/mol. The minimum Gasteiger partial charge on any atom is -0.341 e. The molecule has 0 spiro atoms. The van der Waals surface area contributed by atoms with Crippen LogP contribution in [0.25, 0.3) is 11.2 Å². The van der Waals surface area contributed by atoms with Crippen molar-refractivity contribution in [2.24, 2.45) is 18.7 Å². The molecule has 1 atom stereocenters. The van der Waals surface area contributed by atoms with Crippen LogP contribution in [0, 0.1) is 5.92 Å². The summed E-state index contributed by atoms with van der Waals surface area (Å²) in [6.07, 6.45) is 7.76. The number of rotatable bonds is 6. The van der Waals surface area contributed by atoms with Crippen LogP contribution >= 0.6 is 0 Å². The highest BCUT2D eigenvalue weighted by Gasteiger charge is 2.28. The Balaban J connectivity index is 1.89. The van der Waals surface area contributed by atoms with E-state index in [9.17, 15) is 14.4 Å². The smallest absolute Gasteiger partial charge is 0.332 e. The Morgan fingerprint density at radius 1 is 1.12 bits per heavy atom. The second kappa shape index (κ2) is 9.05. The number of ketones is 1. The lowest BCUT2D eigenvalue weighted by Crippen LogP contribution is -2.44. The highest BCUT2D eigenvalue weighted by molar-refractivity contribution is 5.83. The van der Waals surface area contributed by atoms with Crippen LogP contribution < -0.4 is 21.9 Å². The molecule has 1 unspecified atom stereocenters. The minimum absolute atomic E-state index is 0.0125. The number of Topliss-reactive ketones (excluding diaryl/α,β-unsaturated/α-hetero) is 1. The second-order valence-corrected chi connectivity index (χ2v) is 9.51. The van der Waals surface area contributed by atoms with Crippen LogP contribution in [0.2, 0.25) is 0 Å². The van der Waals surface area contributed by atoms with Gasteiger partial charge in [-0.15, -0.1) is 0 Å². The standard InChI is InChI=1S/C23H34N6O3/c1-15(2)10-12-28-19-20(25-22(28)27-11-6-9-17(24)13-27)29(23(32)26(3)21(19)31)14-18(30)16-7-4-5-8-16/h10,16-17H,4-9,11-14,24H2,1-3H3. The molecule has 1 saturated heterocycles. The van der Waals surface area contributed by atoms with Crippen molar-refractivity contribution in [1.82, 2.24) is 18.7 Å². The first-order valence-corrected chi connectivity index (χ1v) is 11.6. The number of piperidine rings is 1. The van der Waals surface area contributed by atoms with Gasteiger partial charge in [0.2, 0.25) is 5.95 Å². The summed E-state index contributed by atoms with van der Waals surface area (Å²) in [7, 11) is 1.47. The number of aromatic nitrogens is 4. The monoisotopic (exact) mass is 442 g/mol. The van der Waals surface area contributed by atoms with Gasteiger partial charge in [0.1, 0.15) is 0 Å². The van der Waals surface area contributed by atoms with Gasteiger partial charge in [0, 0.05) is 38.6 Å². The third kappa shape index (κ3) is 4.18. The maximum atomic E-state index is 13.2. The van der Waals surface area contributed by atoms with E-state index in [1.165, 1.54) is 11.6 Å². The molecule has 9 nitrogen and oxygen atoms in total. The Bertz CT molecular complexity index is 1160. The zero-order valence-electron chi connectivity index (χ0n) is 19.3. The number of hydrogen-bond donors (Lipinski definition) is 1. The number of hydrogen-bond acceptors (Lipinski definition) is 6. The van der Waals surface area contributed by atoms with E-state index in [2.05, 4.69) is 4.90 Å². The van der Waals surface area contributed by atoms with Gasteiger partial charge in [-0.1, -0.05) is 24.5 Å². The topological polar surface area (TPSA) is 108 Å². The second-order valence-electron chi connectivity index (χ2n) is 9.51. The van der Waals surface area contributed by atoms with Gasteiger partial charge in [0.15, 0.2) is 16.9 Å². The van der Waals surface area contributed by atoms with E-state index < -0.39 is 11.2 Å². The van der Waals surface area contributed by atoms with Crippen LogP contribution in [0.4, 0.5) is 5.95 Å². The summed E-state index contributed by atoms with van der Waals surface area (Å²) in [6, 6.07) is 0.0365. The molecule has 2 N–H and O–H groups in total. The van der Waals surface area contributed by atoms with Crippen LogP contribution in [0.5, 0.6) is 0 Å². The lowest BCUT2D eigenvalue weighted by molar-refractivity contribution is -0.123. The normalized spacial score (nSPS) is 19.6. The molecule has 32 heavy (non-hydrogen) atoms. The van der Waals surface area contributed by atoms with Crippen molar-refractivity contribution in [3.05, 3.63) is 32.5 Å². The van der Waals surface area contributed by atoms with Gasteiger partial charge >= 0.3 is 5.69 Å². The Morgan fingerprint density at radius 2 is 1.84 bits per heavy atom. The largest absolute Gasteiger partial charge is 0.341 e. The summed E-state index contributed by atoms with van der Waals surface area (Å²) in [4.78, 5) is 46.1. The van der Waals surface area contributed by atoms with Crippen molar-refractivity contribution in [2.45, 2.75) is 71.5 Å². The van der Waals surface area contributed by atoms with Crippen molar-refractivity contribution >= 4 is 22.9 Å². The van der Waals surface area contributed by atoms with Crippen LogP contribution in [0.15, 0.2) is 21.2 Å². The van der Waals surface area contributed by atoms with Crippen molar-refractivity contribution in [3.8, 4) is 0 Å². The third-order valence-electron chi connectivity index (χ3n) is 6.76. The third-order valence-corrected chi connectivity index (χ3v) is 6.76. The molecule has 4 rings (SSSR count). The molecule has 1 aliphatic carbocycles. The fraction of sp³-hybridized carbons (Fsp3) is 0.652. The zero-order chi connectivity index (χ0) is 23.0. The van der Waals surface area contributed by atoms with E-state index >= 15 is 0 Å². The van der Waals surface area contributed by atoms with Crippen molar-refractivity contribution in [2.75, 3.05) is 18.0 Å². The molecule has 2 aliphatic rings. The first-order chi connectivity index (χ1) is 15.3. The number of imidazole rings is 1. The van der Waals surface area contributed by atoms with Crippen molar-refractivity contribution < 1.29 is 4.79 Å². The summed E-state index contributed by atoms with van der Waals surface area (Å²) in [5.41, 5.74) is 7.10. The van der Waals surface area contributed by atoms with Gasteiger partial charge in [0.25, 0.3) is 5.56 Å². The summed E-state index contributed by atoms with van der Waals surface area (Å²) >= 11 is 0. The van der Waals surface area contributed by atoms with Crippen LogP contribution in [0.3, 0.4) is 0 Å². The average Bonchev–Trinajstić information content (AvgIpc) is 3.42. The number of fused-ring (bicyclic) bond motifs is 1. The van der Waals surface area contributed by atoms with Gasteiger partial charge < -0.3 is 15.2 Å². The quantitative estimate of drug-likeness (QED) is 0.680. The zero-order valence-corrected chi connectivity index (χ0v) is 19.3. The fourth-order valence-corrected chi connectivity index (χ4v) is 4.90. The number of nitrogens with zero attached hydrogens (tertiary/aromatic N) is 5. The predicted octanol–water partition coefficient (Wildman–Crippen LogP) is 1.55. The molecular formula is C23H34N6O3. The predicted molar refractivity (Wildman–Crippen MR) is 125 cm³/mol. The lowest BCUT2D eigenvalue weighted by Gasteiger charge is -2.31. The molecule has 174 valence electrons. The Kier molecular flexibility index (Phi) is 6.37. The summed E-state index contributed by atoms with van der Waals surface area (Å²) in [5, 5.41) is 0. The van der Waals surface area contributed by atoms with Crippen molar-refractivity contribution in [3.63, 3.8) is 0 Å². The molecule has 0 radical (unpaired) electrons. The van der Waals surface area contributed by atoms with Gasteiger partial charge in [-0.2, -0.15) is 4.98 Å². The highest BCUT2D eigenvalue weighted by Crippen LogP contribution is 2.27. The SMILES string of the molecule is CC(C)=CCn1c(N2CCCC(N)C2)nc2c1c(=O)n(C)c(=O)n2CC(=O)C1CCCC1. The summed E-state index contributed by atoms with van der Waals surface area (Å²) in [5.74, 6) is 0.670. The van der Waals surface area contributed by atoms with Crippen LogP contribution in [-0.4, -0.2) is 43.6 Å². The van der Waals surface area contributed by atoms with E-state index in [1.807, 2.05) is 24.5 Å². The summed E-state index contributed by atoms with van der Waals surface area (Å²) in [6.45, 7) is 5.85. The number of allylic oxidation sites excluding steroid dienone is 2. The van der Waals surface area contributed by atoms with E-state index in [4.69, 9.17) is 10.7 Å². The number of carbonyl (C=O) groups is 1. The Labute approximate surface area is 187 Å². The Morgan fingerprint density at radius 3 is 2.50 bits per heavy atom. The first-order valence-electron chi connectivity index (χ1n) is 11.6. The van der Waals surface area contributed by atoms with Gasteiger partial charge in [-0.05, 0) is 39.5 Å². The molecule has 3 heterocycles. The van der Waals surface area contributed by atoms with Crippen molar-refractivity contribution in [1.29, 1.82) is 0 Å². The van der Waals surface area contributed by atoms with Gasteiger partial charge in [0.05, 0.1) is 6.54 Å². The minimum atomic E-state index is -0.498. The van der Waals surface area contributed by atoms with E-state index in [0.29, 0.717) is 30.2 Å². The number of carbonyl (C=O) groups excluding carboxylic acids is 1. The maximum absolute atomic E-state index is 13.2. The molecule has 9 heteroatoms. The van der Waals surface area contributed by atoms with Crippen LogP contribution in [-0.2, 0) is 24.9 Å². The molecule has 0 aromatic carbocycles. The van der Waals surface area contributed by atoms with E-state index in [-0.39, 0.29) is 24.3 Å². The van der Waals surface area contributed by atoms with Gasteiger partial charge in [-0.25, -0.2) is 4.79 Å². The Hall–Kier alpha value is -2.68. The van der Waals surface area contributed by atoms with E-state index in [0.717, 1.165) is 55.2 Å². The molecule has 0 amide bonds. The molecule has 1 aliphatic heterocycles. The van der Waals surface area contributed by atoms with E-state index in [1.54, 1.807) is 0 Å². The first kappa shape index (κ1) is 22.5.